The van der Waals surface area contributed by atoms with Crippen LogP contribution in [-0.2, 0) is 14.4 Å². The van der Waals surface area contributed by atoms with Crippen molar-refractivity contribution < 1.29 is 24.6 Å². The van der Waals surface area contributed by atoms with Crippen LogP contribution in [0.4, 0.5) is 0 Å². The number of primary amides is 1. The van der Waals surface area contributed by atoms with Crippen LogP contribution in [0.15, 0.2) is 0 Å². The van der Waals surface area contributed by atoms with Crippen LogP contribution in [0.5, 0.6) is 0 Å². The number of carbonyl (C=O) groups is 3. The highest BCUT2D eigenvalue weighted by Gasteiger charge is 2.56. The zero-order valence-corrected chi connectivity index (χ0v) is 14.6. The molecule has 7 heteroatoms. The molecule has 0 radical (unpaired) electrons. The van der Waals surface area contributed by atoms with Gasteiger partial charge in [-0.25, -0.2) is 0 Å². The topological polar surface area (TPSA) is 121 Å². The maximum atomic E-state index is 12.6. The monoisotopic (exact) mass is 340 g/mol. The molecule has 0 unspecified atom stereocenters. The summed E-state index contributed by atoms with van der Waals surface area (Å²) in [4.78, 5) is 37.6. The largest absolute Gasteiger partial charge is 0.391 e. The first-order valence-electron chi connectivity index (χ1n) is 8.50. The highest BCUT2D eigenvalue weighted by molar-refractivity contribution is 5.94. The van der Waals surface area contributed by atoms with Crippen LogP contribution in [-0.4, -0.2) is 57.0 Å². The third-order valence-electron chi connectivity index (χ3n) is 5.28. The normalized spacial score (nSPS) is 30.0. The van der Waals surface area contributed by atoms with Crippen molar-refractivity contribution in [1.29, 1.82) is 0 Å². The molecule has 0 aromatic heterocycles. The van der Waals surface area contributed by atoms with Crippen LogP contribution in [0.2, 0.25) is 0 Å². The van der Waals surface area contributed by atoms with E-state index in [4.69, 9.17) is 5.73 Å². The molecule has 0 bridgehead atoms. The van der Waals surface area contributed by atoms with Gasteiger partial charge in [-0.1, -0.05) is 0 Å². The summed E-state index contributed by atoms with van der Waals surface area (Å²) in [5, 5.41) is 19.5. The minimum absolute atomic E-state index is 0.0416. The SMILES string of the molecule is C[C@@H](O)[C@@H](C(N)=O)N1CC2(CCC(C(=O)CC(C)(C)O)CC2)C1=O. The number of amides is 2. The fraction of sp³-hybridized carbons (Fsp3) is 0.824. The second-order valence-corrected chi connectivity index (χ2v) is 8.03. The van der Waals surface area contributed by atoms with E-state index < -0.39 is 29.1 Å². The van der Waals surface area contributed by atoms with Gasteiger partial charge in [0.15, 0.2) is 0 Å². The van der Waals surface area contributed by atoms with Gasteiger partial charge in [0, 0.05) is 18.9 Å². The molecule has 0 aromatic rings. The minimum atomic E-state index is -1.01. The first kappa shape index (κ1) is 18.9. The average molecular weight is 340 g/mol. The van der Waals surface area contributed by atoms with E-state index in [-0.39, 0.29) is 24.0 Å². The first-order chi connectivity index (χ1) is 11.0. The van der Waals surface area contributed by atoms with Crippen molar-refractivity contribution in [3.8, 4) is 0 Å². The summed E-state index contributed by atoms with van der Waals surface area (Å²) >= 11 is 0. The van der Waals surface area contributed by atoms with Crippen LogP contribution in [0.25, 0.3) is 0 Å². The average Bonchev–Trinajstić information content (AvgIpc) is 2.44. The molecule has 1 saturated heterocycles. The van der Waals surface area contributed by atoms with Crippen LogP contribution in [0.1, 0.15) is 52.9 Å². The molecule has 2 amide bonds. The molecule has 2 fully saturated rings. The van der Waals surface area contributed by atoms with Crippen LogP contribution < -0.4 is 5.73 Å². The highest BCUT2D eigenvalue weighted by Crippen LogP contribution is 2.48. The lowest BCUT2D eigenvalue weighted by atomic mass is 9.63. The summed E-state index contributed by atoms with van der Waals surface area (Å²) < 4.78 is 0. The van der Waals surface area contributed by atoms with E-state index in [0.717, 1.165) is 0 Å². The third-order valence-corrected chi connectivity index (χ3v) is 5.28. The maximum Gasteiger partial charge on any atom is 0.242 e. The summed E-state index contributed by atoms with van der Waals surface area (Å²) in [6.45, 7) is 5.07. The van der Waals surface area contributed by atoms with Gasteiger partial charge < -0.3 is 20.8 Å². The molecule has 2 aliphatic rings. The van der Waals surface area contributed by atoms with Crippen LogP contribution >= 0.6 is 0 Å². The van der Waals surface area contributed by atoms with Crippen LogP contribution in [0.3, 0.4) is 0 Å². The van der Waals surface area contributed by atoms with Gasteiger partial charge >= 0.3 is 0 Å². The number of Topliss-reactive ketones (excluding diaryl/α,β-unsaturated/α-hetero) is 1. The van der Waals surface area contributed by atoms with Crippen molar-refractivity contribution in [2.75, 3.05) is 6.54 Å². The number of aliphatic hydroxyl groups excluding tert-OH is 1. The highest BCUT2D eigenvalue weighted by atomic mass is 16.3. The summed E-state index contributed by atoms with van der Waals surface area (Å²) in [6.07, 6.45) is 1.53. The fourth-order valence-electron chi connectivity index (χ4n) is 3.99. The number of rotatable bonds is 6. The lowest BCUT2D eigenvalue weighted by molar-refractivity contribution is -0.176. The molecule has 1 aliphatic carbocycles. The Labute approximate surface area is 142 Å². The van der Waals surface area contributed by atoms with E-state index in [1.807, 2.05) is 0 Å². The van der Waals surface area contributed by atoms with Gasteiger partial charge in [-0.15, -0.1) is 0 Å². The number of ketones is 1. The lowest BCUT2D eigenvalue weighted by Crippen LogP contribution is -2.69. The van der Waals surface area contributed by atoms with E-state index in [9.17, 15) is 24.6 Å². The zero-order valence-electron chi connectivity index (χ0n) is 14.6. The molecule has 2 atom stereocenters. The number of hydrogen-bond acceptors (Lipinski definition) is 5. The quantitative estimate of drug-likeness (QED) is 0.586. The van der Waals surface area contributed by atoms with E-state index in [1.54, 1.807) is 13.8 Å². The number of likely N-dealkylation sites (tertiary alicyclic amines) is 1. The molecule has 136 valence electrons. The molecule has 1 aliphatic heterocycles. The Bertz CT molecular complexity index is 530. The van der Waals surface area contributed by atoms with Gasteiger partial charge in [-0.3, -0.25) is 14.4 Å². The molecule has 2 rings (SSSR count). The standard InChI is InChI=1S/C17H28N2O5/c1-10(20)13(14(18)22)19-9-17(15(19)23)6-4-11(5-7-17)12(21)8-16(2,3)24/h10-11,13,20,24H,4-9H2,1-3H3,(H2,18,22)/t10-,11?,13+,17?/m1/s1. The van der Waals surface area contributed by atoms with Crippen molar-refractivity contribution in [2.45, 2.75) is 70.6 Å². The second-order valence-electron chi connectivity index (χ2n) is 8.03. The predicted molar refractivity (Wildman–Crippen MR) is 86.7 cm³/mol. The summed E-state index contributed by atoms with van der Waals surface area (Å²) in [5.41, 5.74) is 3.76. The lowest BCUT2D eigenvalue weighted by Gasteiger charge is -2.54. The molecule has 1 saturated carbocycles. The number of β-lactam (4-membered cyclic amide) rings is 1. The van der Waals surface area contributed by atoms with Crippen molar-refractivity contribution in [3.63, 3.8) is 0 Å². The first-order valence-corrected chi connectivity index (χ1v) is 8.50. The zero-order chi connectivity index (χ0) is 18.3. The third kappa shape index (κ3) is 3.62. The van der Waals surface area contributed by atoms with Gasteiger partial charge in [0.2, 0.25) is 11.8 Å². The molecular weight excluding hydrogens is 312 g/mol. The van der Waals surface area contributed by atoms with Gasteiger partial charge in [-0.2, -0.15) is 0 Å². The molecule has 7 nitrogen and oxygen atoms in total. The smallest absolute Gasteiger partial charge is 0.242 e. The maximum absolute atomic E-state index is 12.6. The fourth-order valence-corrected chi connectivity index (χ4v) is 3.99. The Balaban J connectivity index is 1.95. The summed E-state index contributed by atoms with van der Waals surface area (Å²) in [6, 6.07) is -0.988. The van der Waals surface area contributed by atoms with E-state index >= 15 is 0 Å². The number of nitrogens with two attached hydrogens (primary N) is 1. The van der Waals surface area contributed by atoms with E-state index in [1.165, 1.54) is 11.8 Å². The van der Waals surface area contributed by atoms with E-state index in [0.29, 0.717) is 32.2 Å². The number of hydrogen-bond donors (Lipinski definition) is 3. The molecule has 4 N–H and O–H groups in total. The Hall–Kier alpha value is -1.47. The van der Waals surface area contributed by atoms with Gasteiger partial charge in [-0.05, 0) is 46.5 Å². The predicted octanol–water partition coefficient (Wildman–Crippen LogP) is -0.0300. The number of nitrogens with zero attached hydrogens (tertiary/aromatic N) is 1. The summed E-state index contributed by atoms with van der Waals surface area (Å²) in [7, 11) is 0. The van der Waals surface area contributed by atoms with E-state index in [2.05, 4.69) is 0 Å². The Morgan fingerprint density at radius 1 is 1.38 bits per heavy atom. The molecule has 0 aromatic carbocycles. The minimum Gasteiger partial charge on any atom is -0.391 e. The second kappa shape index (κ2) is 6.44. The Morgan fingerprint density at radius 3 is 2.29 bits per heavy atom. The van der Waals surface area contributed by atoms with Crippen molar-refractivity contribution in [1.82, 2.24) is 4.90 Å². The summed E-state index contributed by atoms with van der Waals surface area (Å²) in [5.74, 6) is -0.935. The molecule has 1 heterocycles. The van der Waals surface area contributed by atoms with Gasteiger partial charge in [0.1, 0.15) is 11.8 Å². The van der Waals surface area contributed by atoms with Crippen molar-refractivity contribution in [2.24, 2.45) is 17.1 Å². The van der Waals surface area contributed by atoms with Crippen molar-refractivity contribution in [3.05, 3.63) is 0 Å². The van der Waals surface area contributed by atoms with Crippen molar-refractivity contribution >= 4 is 17.6 Å². The molecule has 24 heavy (non-hydrogen) atoms. The van der Waals surface area contributed by atoms with Gasteiger partial charge in [0.25, 0.3) is 0 Å². The number of carbonyl (C=O) groups excluding carboxylic acids is 3. The Kier molecular flexibility index (Phi) is 5.06. The molecular formula is C17H28N2O5. The Morgan fingerprint density at radius 2 is 1.92 bits per heavy atom. The van der Waals surface area contributed by atoms with Gasteiger partial charge in [0.05, 0.1) is 17.1 Å². The molecule has 1 spiro atoms. The van der Waals surface area contributed by atoms with Crippen LogP contribution in [0, 0.1) is 11.3 Å². The number of aliphatic hydroxyl groups is 2.